The molecule has 0 bridgehead atoms. The Labute approximate surface area is 130 Å². The van der Waals surface area contributed by atoms with E-state index >= 15 is 0 Å². The van der Waals surface area contributed by atoms with Crippen molar-refractivity contribution in [2.24, 2.45) is 11.8 Å². The molecule has 0 heterocycles. The van der Waals surface area contributed by atoms with Gasteiger partial charge in [-0.3, -0.25) is 0 Å². The van der Waals surface area contributed by atoms with E-state index in [2.05, 4.69) is 40.3 Å². The van der Waals surface area contributed by atoms with Crippen LogP contribution in [0.1, 0.15) is 50.6 Å². The van der Waals surface area contributed by atoms with Gasteiger partial charge < -0.3 is 5.32 Å². The molecule has 1 saturated carbocycles. The molecule has 2 rings (SSSR count). The van der Waals surface area contributed by atoms with E-state index in [4.69, 9.17) is 11.6 Å². The highest BCUT2D eigenvalue weighted by Crippen LogP contribution is 2.40. The third-order valence-electron chi connectivity index (χ3n) is 4.57. The average Bonchev–Trinajstić information content (AvgIpc) is 2.45. The zero-order valence-corrected chi connectivity index (χ0v) is 14.1. The van der Waals surface area contributed by atoms with E-state index in [1.165, 1.54) is 37.7 Å². The van der Waals surface area contributed by atoms with Gasteiger partial charge in [-0.25, -0.2) is 0 Å². The van der Waals surface area contributed by atoms with Crippen LogP contribution >= 0.6 is 27.5 Å². The number of rotatable bonds is 4. The van der Waals surface area contributed by atoms with Crippen LogP contribution in [0.2, 0.25) is 5.02 Å². The SMILES string of the molecule is CCC1CCC(C(NC)c2cccc(Br)c2Cl)CC1. The van der Waals surface area contributed by atoms with Gasteiger partial charge in [0.25, 0.3) is 0 Å². The zero-order chi connectivity index (χ0) is 13.8. The maximum Gasteiger partial charge on any atom is 0.0595 e. The molecule has 1 aliphatic rings. The normalized spacial score (nSPS) is 25.3. The second-order valence-corrected chi connectivity index (χ2v) is 6.83. The van der Waals surface area contributed by atoms with E-state index in [9.17, 15) is 0 Å². The van der Waals surface area contributed by atoms with E-state index in [1.807, 2.05) is 13.1 Å². The lowest BCUT2D eigenvalue weighted by molar-refractivity contribution is 0.224. The van der Waals surface area contributed by atoms with Crippen molar-refractivity contribution in [2.45, 2.75) is 45.1 Å². The molecule has 1 atom stereocenters. The molecule has 0 radical (unpaired) electrons. The van der Waals surface area contributed by atoms with Crippen molar-refractivity contribution < 1.29 is 0 Å². The molecule has 1 N–H and O–H groups in total. The third-order valence-corrected chi connectivity index (χ3v) is 5.88. The lowest BCUT2D eigenvalue weighted by Crippen LogP contribution is -2.29. The van der Waals surface area contributed by atoms with Gasteiger partial charge in [-0.1, -0.05) is 49.9 Å². The summed E-state index contributed by atoms with van der Waals surface area (Å²) in [4.78, 5) is 0. The molecule has 1 aromatic rings. The van der Waals surface area contributed by atoms with Crippen LogP contribution in [0.4, 0.5) is 0 Å². The van der Waals surface area contributed by atoms with Crippen LogP contribution in [0, 0.1) is 11.8 Å². The van der Waals surface area contributed by atoms with Gasteiger partial charge in [0.1, 0.15) is 0 Å². The minimum Gasteiger partial charge on any atom is -0.313 e. The van der Waals surface area contributed by atoms with Crippen molar-refractivity contribution in [3.05, 3.63) is 33.3 Å². The Morgan fingerprint density at radius 3 is 2.58 bits per heavy atom. The Kier molecular flexibility index (Phi) is 5.73. The molecule has 3 heteroatoms. The second kappa shape index (κ2) is 7.10. The minimum absolute atomic E-state index is 0.378. The molecule has 1 aromatic carbocycles. The Bertz CT molecular complexity index is 413. The summed E-state index contributed by atoms with van der Waals surface area (Å²) in [6.07, 6.45) is 6.68. The summed E-state index contributed by atoms with van der Waals surface area (Å²) in [7, 11) is 2.05. The van der Waals surface area contributed by atoms with Gasteiger partial charge in [-0.05, 0) is 59.3 Å². The molecular weight excluding hydrogens is 322 g/mol. The minimum atomic E-state index is 0.378. The zero-order valence-electron chi connectivity index (χ0n) is 11.8. The van der Waals surface area contributed by atoms with Gasteiger partial charge in [0.15, 0.2) is 0 Å². The van der Waals surface area contributed by atoms with Gasteiger partial charge in [0, 0.05) is 10.5 Å². The molecule has 1 fully saturated rings. The summed E-state index contributed by atoms with van der Waals surface area (Å²) in [6, 6.07) is 6.61. The largest absolute Gasteiger partial charge is 0.313 e. The molecule has 1 nitrogen and oxygen atoms in total. The maximum atomic E-state index is 6.46. The van der Waals surface area contributed by atoms with E-state index < -0.39 is 0 Å². The van der Waals surface area contributed by atoms with Gasteiger partial charge in [-0.2, -0.15) is 0 Å². The number of hydrogen-bond acceptors (Lipinski definition) is 1. The van der Waals surface area contributed by atoms with Crippen molar-refractivity contribution in [1.82, 2.24) is 5.32 Å². The predicted octanol–water partition coefficient (Wildman–Crippen LogP) is 5.58. The van der Waals surface area contributed by atoms with Crippen LogP contribution in [0.5, 0.6) is 0 Å². The fourth-order valence-corrected chi connectivity index (χ4v) is 3.96. The Morgan fingerprint density at radius 1 is 1.32 bits per heavy atom. The molecule has 1 aliphatic carbocycles. The summed E-state index contributed by atoms with van der Waals surface area (Å²) < 4.78 is 0.995. The van der Waals surface area contributed by atoms with Crippen LogP contribution in [0.3, 0.4) is 0 Å². The van der Waals surface area contributed by atoms with Crippen molar-refractivity contribution in [1.29, 1.82) is 0 Å². The molecule has 0 aliphatic heterocycles. The Balaban J connectivity index is 2.14. The topological polar surface area (TPSA) is 12.0 Å². The monoisotopic (exact) mass is 343 g/mol. The standard InChI is InChI=1S/C16H23BrClN/c1-3-11-7-9-12(10-8-11)16(19-2)13-5-4-6-14(17)15(13)18/h4-6,11-12,16,19H,3,7-10H2,1-2H3. The third kappa shape index (κ3) is 3.53. The highest BCUT2D eigenvalue weighted by molar-refractivity contribution is 9.10. The lowest BCUT2D eigenvalue weighted by Gasteiger charge is -2.34. The highest BCUT2D eigenvalue weighted by Gasteiger charge is 2.28. The van der Waals surface area contributed by atoms with Gasteiger partial charge in [-0.15, -0.1) is 0 Å². The summed E-state index contributed by atoms with van der Waals surface area (Å²) in [5, 5.41) is 4.34. The first-order chi connectivity index (χ1) is 9.17. The van der Waals surface area contributed by atoms with Crippen molar-refractivity contribution in [3.63, 3.8) is 0 Å². The first-order valence-corrected chi connectivity index (χ1v) is 8.45. The van der Waals surface area contributed by atoms with E-state index in [1.54, 1.807) is 0 Å². The number of halogens is 2. The maximum absolute atomic E-state index is 6.46. The fraction of sp³-hybridized carbons (Fsp3) is 0.625. The number of nitrogens with one attached hydrogen (secondary N) is 1. The van der Waals surface area contributed by atoms with Crippen LogP contribution in [0.25, 0.3) is 0 Å². The average molecular weight is 345 g/mol. The molecule has 1 unspecified atom stereocenters. The molecule has 19 heavy (non-hydrogen) atoms. The van der Waals surface area contributed by atoms with E-state index in [-0.39, 0.29) is 0 Å². The van der Waals surface area contributed by atoms with Crippen molar-refractivity contribution in [3.8, 4) is 0 Å². The molecular formula is C16H23BrClN. The first kappa shape index (κ1) is 15.3. The summed E-state index contributed by atoms with van der Waals surface area (Å²) in [5.74, 6) is 1.64. The van der Waals surface area contributed by atoms with E-state index in [0.29, 0.717) is 12.0 Å². The van der Waals surface area contributed by atoms with Crippen LogP contribution < -0.4 is 5.32 Å². The summed E-state index contributed by atoms with van der Waals surface area (Å²) in [6.45, 7) is 2.31. The first-order valence-electron chi connectivity index (χ1n) is 7.28. The summed E-state index contributed by atoms with van der Waals surface area (Å²) in [5.41, 5.74) is 1.23. The van der Waals surface area contributed by atoms with Gasteiger partial charge in [0.05, 0.1) is 5.02 Å². The smallest absolute Gasteiger partial charge is 0.0595 e. The second-order valence-electron chi connectivity index (χ2n) is 5.60. The van der Waals surface area contributed by atoms with Crippen LogP contribution in [-0.4, -0.2) is 7.05 Å². The van der Waals surface area contributed by atoms with Crippen molar-refractivity contribution in [2.75, 3.05) is 7.05 Å². The highest BCUT2D eigenvalue weighted by atomic mass is 79.9. The van der Waals surface area contributed by atoms with Crippen molar-refractivity contribution >= 4 is 27.5 Å². The van der Waals surface area contributed by atoms with Gasteiger partial charge >= 0.3 is 0 Å². The molecule has 106 valence electrons. The summed E-state index contributed by atoms with van der Waals surface area (Å²) >= 11 is 9.98. The Morgan fingerprint density at radius 2 is 2.00 bits per heavy atom. The molecule has 0 spiro atoms. The fourth-order valence-electron chi connectivity index (χ4n) is 3.34. The Hall–Kier alpha value is -0.0500. The quantitative estimate of drug-likeness (QED) is 0.752. The number of hydrogen-bond donors (Lipinski definition) is 1. The van der Waals surface area contributed by atoms with Gasteiger partial charge in [0.2, 0.25) is 0 Å². The van der Waals surface area contributed by atoms with Crippen LogP contribution in [-0.2, 0) is 0 Å². The molecule has 0 aromatic heterocycles. The van der Waals surface area contributed by atoms with Crippen LogP contribution in [0.15, 0.2) is 22.7 Å². The molecule has 0 amide bonds. The van der Waals surface area contributed by atoms with E-state index in [0.717, 1.165) is 15.4 Å². The lowest BCUT2D eigenvalue weighted by atomic mass is 9.76. The predicted molar refractivity (Wildman–Crippen MR) is 86.7 cm³/mol. The molecule has 0 saturated heterocycles. The number of benzene rings is 1.